The molecule has 1 N–H and O–H groups in total. The van der Waals surface area contributed by atoms with Crippen molar-refractivity contribution in [3.63, 3.8) is 0 Å². The number of aliphatic carboxylic acids is 1. The Morgan fingerprint density at radius 1 is 1.33 bits per heavy atom. The van der Waals surface area contributed by atoms with E-state index in [0.29, 0.717) is 31.8 Å². The van der Waals surface area contributed by atoms with Crippen molar-refractivity contribution in [3.05, 3.63) is 34.8 Å². The Balaban J connectivity index is 1.51. The van der Waals surface area contributed by atoms with Gasteiger partial charge < -0.3 is 19.2 Å². The molecule has 0 unspecified atom stereocenters. The summed E-state index contributed by atoms with van der Waals surface area (Å²) in [6, 6.07) is 7.33. The molecule has 3 heterocycles. The first-order valence-electron chi connectivity index (χ1n) is 8.22. The summed E-state index contributed by atoms with van der Waals surface area (Å²) in [6.07, 6.45) is 0.775. The van der Waals surface area contributed by atoms with Gasteiger partial charge in [-0.05, 0) is 24.5 Å². The molecule has 2 fully saturated rings. The van der Waals surface area contributed by atoms with Gasteiger partial charge in [0.05, 0.1) is 12.1 Å². The molecule has 1 aromatic heterocycles. The van der Waals surface area contributed by atoms with E-state index >= 15 is 0 Å². The van der Waals surface area contributed by atoms with Crippen LogP contribution in [0.15, 0.2) is 33.5 Å². The van der Waals surface area contributed by atoms with Crippen LogP contribution in [0.5, 0.6) is 0 Å². The summed E-state index contributed by atoms with van der Waals surface area (Å²) in [5.74, 6) is -1.04. The molecule has 0 saturated carbocycles. The molecule has 0 amide bonds. The van der Waals surface area contributed by atoms with Crippen molar-refractivity contribution in [3.8, 4) is 0 Å². The van der Waals surface area contributed by atoms with Gasteiger partial charge in [0.25, 0.3) is 0 Å². The minimum atomic E-state index is -0.804. The summed E-state index contributed by atoms with van der Waals surface area (Å²) in [7, 11) is 0. The number of ether oxygens (including phenoxy) is 1. The zero-order valence-corrected chi connectivity index (χ0v) is 13.3. The molecule has 0 bridgehead atoms. The molecular weight excluding hydrogens is 312 g/mol. The normalized spacial score (nSPS) is 27.4. The number of oxazole rings is 1. The topological polar surface area (TPSA) is 84.9 Å². The van der Waals surface area contributed by atoms with Crippen LogP contribution in [0.4, 0.5) is 0 Å². The maximum absolute atomic E-state index is 12.0. The Hall–Kier alpha value is -2.12. The fraction of sp³-hybridized carbons (Fsp3) is 0.529. The van der Waals surface area contributed by atoms with E-state index in [2.05, 4.69) is 4.90 Å². The van der Waals surface area contributed by atoms with Crippen LogP contribution in [0.25, 0.3) is 11.1 Å². The van der Waals surface area contributed by atoms with Crippen molar-refractivity contribution in [2.45, 2.75) is 13.0 Å². The van der Waals surface area contributed by atoms with Crippen molar-refractivity contribution in [2.75, 3.05) is 32.8 Å². The Labute approximate surface area is 138 Å². The molecule has 2 saturated heterocycles. The summed E-state index contributed by atoms with van der Waals surface area (Å²) in [6.45, 7) is 3.21. The third-order valence-corrected chi connectivity index (χ3v) is 5.38. The number of carboxylic acids is 1. The molecule has 1 aromatic carbocycles. The molecule has 0 aliphatic carbocycles. The maximum Gasteiger partial charge on any atom is 0.419 e. The fourth-order valence-corrected chi connectivity index (χ4v) is 4.03. The number of likely N-dealkylation sites (tertiary alicyclic amines) is 1. The van der Waals surface area contributed by atoms with Crippen molar-refractivity contribution in [1.29, 1.82) is 0 Å². The number of nitrogens with zero attached hydrogens (tertiary/aromatic N) is 2. The molecule has 2 aliphatic rings. The van der Waals surface area contributed by atoms with E-state index in [1.54, 1.807) is 10.6 Å². The number of rotatable bonds is 4. The minimum Gasteiger partial charge on any atom is -0.481 e. The second-order valence-electron chi connectivity index (χ2n) is 6.72. The second kappa shape index (κ2) is 5.75. The monoisotopic (exact) mass is 332 g/mol. The fourth-order valence-electron chi connectivity index (χ4n) is 4.03. The Bertz CT molecular complexity index is 826. The first-order chi connectivity index (χ1) is 11.6. The molecule has 128 valence electrons. The largest absolute Gasteiger partial charge is 0.481 e. The van der Waals surface area contributed by atoms with E-state index in [4.69, 9.17) is 9.15 Å². The van der Waals surface area contributed by atoms with Crippen LogP contribution in [-0.2, 0) is 16.1 Å². The van der Waals surface area contributed by atoms with Crippen LogP contribution in [-0.4, -0.2) is 53.4 Å². The summed E-state index contributed by atoms with van der Waals surface area (Å²) in [5, 5.41) is 9.68. The predicted molar refractivity (Wildman–Crippen MR) is 85.9 cm³/mol. The van der Waals surface area contributed by atoms with Gasteiger partial charge in [-0.2, -0.15) is 0 Å². The summed E-state index contributed by atoms with van der Waals surface area (Å²) >= 11 is 0. The number of benzene rings is 1. The molecule has 2 aliphatic heterocycles. The zero-order valence-electron chi connectivity index (χ0n) is 13.3. The van der Waals surface area contributed by atoms with Crippen LogP contribution in [0.1, 0.15) is 6.42 Å². The lowest BCUT2D eigenvalue weighted by Gasteiger charge is -2.34. The number of para-hydroxylation sites is 2. The third-order valence-electron chi connectivity index (χ3n) is 5.38. The van der Waals surface area contributed by atoms with E-state index in [-0.39, 0.29) is 18.3 Å². The lowest BCUT2D eigenvalue weighted by molar-refractivity contribution is -0.159. The third kappa shape index (κ3) is 2.35. The van der Waals surface area contributed by atoms with E-state index in [0.717, 1.165) is 18.5 Å². The van der Waals surface area contributed by atoms with Crippen LogP contribution in [0.3, 0.4) is 0 Å². The standard InChI is InChI=1S/C17H20N2O5/c20-15(21)17-10-18(9-12(17)5-8-23-11-17)6-7-19-13-3-1-2-4-14(13)24-16(19)22/h1-4,12H,5-11H2,(H,20,21)/t12-,17+/m0/s1. The molecule has 24 heavy (non-hydrogen) atoms. The van der Waals surface area contributed by atoms with Crippen LogP contribution in [0.2, 0.25) is 0 Å². The SMILES string of the molecule is O=C(O)[C@]12COCC[C@H]1CN(CCn1c(=O)oc3ccccc31)C2. The number of fused-ring (bicyclic) bond motifs is 2. The number of aromatic nitrogens is 1. The number of carboxylic acid groups (broad SMARTS) is 1. The van der Waals surface area contributed by atoms with Gasteiger partial charge in [-0.1, -0.05) is 12.1 Å². The molecule has 4 rings (SSSR count). The van der Waals surface area contributed by atoms with Crippen molar-refractivity contribution in [1.82, 2.24) is 9.47 Å². The van der Waals surface area contributed by atoms with E-state index in [1.165, 1.54) is 0 Å². The average Bonchev–Trinajstić information content (AvgIpc) is 3.10. The van der Waals surface area contributed by atoms with Gasteiger partial charge in [-0.25, -0.2) is 4.79 Å². The first-order valence-corrected chi connectivity index (χ1v) is 8.22. The van der Waals surface area contributed by atoms with Crippen molar-refractivity contribution < 1.29 is 19.1 Å². The molecule has 0 radical (unpaired) electrons. The highest BCUT2D eigenvalue weighted by Gasteiger charge is 2.53. The molecule has 2 atom stereocenters. The quantitative estimate of drug-likeness (QED) is 0.900. The highest BCUT2D eigenvalue weighted by molar-refractivity contribution is 5.76. The lowest BCUT2D eigenvalue weighted by Crippen LogP contribution is -2.46. The van der Waals surface area contributed by atoms with Gasteiger partial charge >= 0.3 is 11.7 Å². The van der Waals surface area contributed by atoms with E-state index < -0.39 is 11.4 Å². The molecule has 7 heteroatoms. The number of hydrogen-bond donors (Lipinski definition) is 1. The Morgan fingerprint density at radius 3 is 2.96 bits per heavy atom. The van der Waals surface area contributed by atoms with Crippen LogP contribution >= 0.6 is 0 Å². The van der Waals surface area contributed by atoms with Gasteiger partial charge in [0.1, 0.15) is 5.41 Å². The van der Waals surface area contributed by atoms with E-state index in [9.17, 15) is 14.7 Å². The molecule has 7 nitrogen and oxygen atoms in total. The van der Waals surface area contributed by atoms with Crippen molar-refractivity contribution in [2.24, 2.45) is 11.3 Å². The smallest absolute Gasteiger partial charge is 0.419 e. The zero-order chi connectivity index (χ0) is 16.7. The maximum atomic E-state index is 12.0. The van der Waals surface area contributed by atoms with Gasteiger partial charge in [-0.15, -0.1) is 0 Å². The van der Waals surface area contributed by atoms with Crippen LogP contribution < -0.4 is 5.76 Å². The van der Waals surface area contributed by atoms with E-state index in [1.807, 2.05) is 18.2 Å². The minimum absolute atomic E-state index is 0.113. The van der Waals surface area contributed by atoms with Crippen LogP contribution in [0, 0.1) is 11.3 Å². The highest BCUT2D eigenvalue weighted by Crippen LogP contribution is 2.41. The van der Waals surface area contributed by atoms with Gasteiger partial charge in [0, 0.05) is 32.8 Å². The Kier molecular flexibility index (Phi) is 3.69. The first kappa shape index (κ1) is 15.4. The average molecular weight is 332 g/mol. The predicted octanol–water partition coefficient (Wildman–Crippen LogP) is 1.02. The lowest BCUT2D eigenvalue weighted by atomic mass is 9.76. The number of hydrogen-bond acceptors (Lipinski definition) is 5. The molecular formula is C17H20N2O5. The second-order valence-corrected chi connectivity index (χ2v) is 6.72. The van der Waals surface area contributed by atoms with Crippen molar-refractivity contribution >= 4 is 17.1 Å². The van der Waals surface area contributed by atoms with Gasteiger partial charge in [0.15, 0.2) is 5.58 Å². The summed E-state index contributed by atoms with van der Waals surface area (Å²) < 4.78 is 12.3. The molecule has 0 spiro atoms. The molecule has 2 aromatic rings. The Morgan fingerprint density at radius 2 is 2.17 bits per heavy atom. The van der Waals surface area contributed by atoms with Gasteiger partial charge in [-0.3, -0.25) is 9.36 Å². The summed E-state index contributed by atoms with van der Waals surface area (Å²) in [5.41, 5.74) is 0.546. The van der Waals surface area contributed by atoms with Gasteiger partial charge in [0.2, 0.25) is 0 Å². The highest BCUT2D eigenvalue weighted by atomic mass is 16.5. The number of carbonyl (C=O) groups is 1. The summed E-state index contributed by atoms with van der Waals surface area (Å²) in [4.78, 5) is 25.9.